The monoisotopic (exact) mass is 295 g/mol. The molecule has 1 aromatic rings. The summed E-state index contributed by atoms with van der Waals surface area (Å²) in [5.41, 5.74) is 0. The molecule has 2 rings (SSSR count). The Morgan fingerprint density at radius 3 is 2.40 bits per heavy atom. The number of anilines is 1. The van der Waals surface area contributed by atoms with Crippen molar-refractivity contribution in [2.75, 3.05) is 31.1 Å². The zero-order valence-electron chi connectivity index (χ0n) is 11.3. The third kappa shape index (κ3) is 2.89. The summed E-state index contributed by atoms with van der Waals surface area (Å²) in [6.45, 7) is 3.49. The summed E-state index contributed by atoms with van der Waals surface area (Å²) in [5, 5.41) is 7.98. The van der Waals surface area contributed by atoms with Crippen LogP contribution < -0.4 is 4.90 Å². The fourth-order valence-corrected chi connectivity index (χ4v) is 3.73. The van der Waals surface area contributed by atoms with E-state index in [0.717, 1.165) is 0 Å². The van der Waals surface area contributed by atoms with Crippen molar-refractivity contribution >= 4 is 16.0 Å². The molecule has 1 fully saturated rings. The van der Waals surface area contributed by atoms with Crippen LogP contribution in [0.4, 0.5) is 5.95 Å². The first-order valence-electron chi connectivity index (χ1n) is 6.50. The fourth-order valence-electron chi connectivity index (χ4n) is 2.15. The van der Waals surface area contributed by atoms with Gasteiger partial charge in [-0.2, -0.15) is 9.57 Å². The van der Waals surface area contributed by atoms with Crippen LogP contribution in [0.15, 0.2) is 18.5 Å². The van der Waals surface area contributed by atoms with Crippen LogP contribution in [-0.2, 0) is 10.0 Å². The number of rotatable bonds is 4. The van der Waals surface area contributed by atoms with Gasteiger partial charge in [-0.3, -0.25) is 0 Å². The summed E-state index contributed by atoms with van der Waals surface area (Å²) in [6.07, 6.45) is 3.63. The number of nitrogens with zero attached hydrogens (tertiary/aromatic N) is 5. The van der Waals surface area contributed by atoms with E-state index in [1.54, 1.807) is 25.4 Å². The Morgan fingerprint density at radius 2 is 1.90 bits per heavy atom. The van der Waals surface area contributed by atoms with Gasteiger partial charge < -0.3 is 4.90 Å². The van der Waals surface area contributed by atoms with Gasteiger partial charge in [0.1, 0.15) is 0 Å². The second-order valence-electron chi connectivity index (χ2n) is 4.51. The van der Waals surface area contributed by atoms with Gasteiger partial charge in [0, 0.05) is 38.6 Å². The number of hydrogen-bond donors (Lipinski definition) is 0. The molecule has 0 N–H and O–H groups in total. The van der Waals surface area contributed by atoms with E-state index in [0.29, 0.717) is 38.5 Å². The number of piperazine rings is 1. The highest BCUT2D eigenvalue weighted by Gasteiger charge is 2.33. The first kappa shape index (κ1) is 14.7. The van der Waals surface area contributed by atoms with Crippen LogP contribution >= 0.6 is 0 Å². The maximum absolute atomic E-state index is 12.2. The highest BCUT2D eigenvalue weighted by molar-refractivity contribution is 7.90. The van der Waals surface area contributed by atoms with Gasteiger partial charge in [-0.1, -0.05) is 6.92 Å². The van der Waals surface area contributed by atoms with E-state index < -0.39 is 15.3 Å². The molecule has 0 amide bonds. The summed E-state index contributed by atoms with van der Waals surface area (Å²) in [6, 6.07) is 3.60. The molecule has 108 valence electrons. The smallest absolute Gasteiger partial charge is 0.230 e. The Hall–Kier alpha value is -1.72. The quantitative estimate of drug-likeness (QED) is 0.790. The summed E-state index contributed by atoms with van der Waals surface area (Å²) >= 11 is 0. The molecule has 1 unspecified atom stereocenters. The SMILES string of the molecule is CCC(C#N)S(=O)(=O)N1CCN(c2ncccn2)CC1. The van der Waals surface area contributed by atoms with Crippen LogP contribution in [0, 0.1) is 11.3 Å². The maximum atomic E-state index is 12.2. The molecule has 0 radical (unpaired) electrons. The molecule has 0 saturated carbocycles. The lowest BCUT2D eigenvalue weighted by Crippen LogP contribution is -2.51. The summed E-state index contributed by atoms with van der Waals surface area (Å²) in [4.78, 5) is 10.2. The van der Waals surface area contributed by atoms with Crippen LogP contribution in [0.25, 0.3) is 0 Å². The molecule has 1 aliphatic heterocycles. The zero-order valence-corrected chi connectivity index (χ0v) is 12.1. The van der Waals surface area contributed by atoms with Crippen molar-refractivity contribution in [1.82, 2.24) is 14.3 Å². The van der Waals surface area contributed by atoms with E-state index in [1.807, 2.05) is 11.0 Å². The Morgan fingerprint density at radius 1 is 1.30 bits per heavy atom. The fraction of sp³-hybridized carbons (Fsp3) is 0.583. The van der Waals surface area contributed by atoms with E-state index in [2.05, 4.69) is 9.97 Å². The molecule has 8 heteroatoms. The van der Waals surface area contributed by atoms with Crippen LogP contribution in [0.1, 0.15) is 13.3 Å². The largest absolute Gasteiger partial charge is 0.338 e. The van der Waals surface area contributed by atoms with Crippen molar-refractivity contribution in [3.63, 3.8) is 0 Å². The molecule has 0 spiro atoms. The van der Waals surface area contributed by atoms with Gasteiger partial charge in [0.05, 0.1) is 6.07 Å². The van der Waals surface area contributed by atoms with E-state index in [-0.39, 0.29) is 0 Å². The highest BCUT2D eigenvalue weighted by atomic mass is 32.2. The molecule has 0 aliphatic carbocycles. The molecule has 2 heterocycles. The van der Waals surface area contributed by atoms with E-state index >= 15 is 0 Å². The lowest BCUT2D eigenvalue weighted by molar-refractivity contribution is 0.379. The van der Waals surface area contributed by atoms with Crippen molar-refractivity contribution in [3.05, 3.63) is 18.5 Å². The van der Waals surface area contributed by atoms with Crippen molar-refractivity contribution in [2.24, 2.45) is 0 Å². The average molecular weight is 295 g/mol. The zero-order chi connectivity index (χ0) is 14.6. The topological polar surface area (TPSA) is 90.2 Å². The third-order valence-corrected chi connectivity index (χ3v) is 5.55. The second kappa shape index (κ2) is 6.15. The molecular formula is C12H17N5O2S. The van der Waals surface area contributed by atoms with Crippen molar-refractivity contribution in [3.8, 4) is 6.07 Å². The Balaban J connectivity index is 2.03. The number of nitriles is 1. The minimum absolute atomic E-state index is 0.306. The summed E-state index contributed by atoms with van der Waals surface area (Å²) in [5.74, 6) is 0.608. The van der Waals surface area contributed by atoms with Gasteiger partial charge in [-0.25, -0.2) is 18.4 Å². The Labute approximate surface area is 118 Å². The van der Waals surface area contributed by atoms with Crippen molar-refractivity contribution < 1.29 is 8.42 Å². The molecule has 1 atom stereocenters. The molecule has 0 bridgehead atoms. The first-order valence-corrected chi connectivity index (χ1v) is 8.00. The Kier molecular flexibility index (Phi) is 4.52. The maximum Gasteiger partial charge on any atom is 0.230 e. The molecular weight excluding hydrogens is 278 g/mol. The molecule has 20 heavy (non-hydrogen) atoms. The number of hydrogen-bond acceptors (Lipinski definition) is 6. The van der Waals surface area contributed by atoms with Gasteiger partial charge in [0.25, 0.3) is 0 Å². The van der Waals surface area contributed by atoms with Gasteiger partial charge in [-0.15, -0.1) is 0 Å². The standard InChI is InChI=1S/C12H17N5O2S/c1-2-11(10-13)20(18,19)17-8-6-16(7-9-17)12-14-4-3-5-15-12/h3-5,11H,2,6-9H2,1H3. The van der Waals surface area contributed by atoms with Crippen LogP contribution in [0.3, 0.4) is 0 Å². The molecule has 1 saturated heterocycles. The van der Waals surface area contributed by atoms with E-state index in [1.165, 1.54) is 4.31 Å². The van der Waals surface area contributed by atoms with E-state index in [9.17, 15) is 8.42 Å². The average Bonchev–Trinajstić information content (AvgIpc) is 2.49. The lowest BCUT2D eigenvalue weighted by atomic mass is 10.4. The van der Waals surface area contributed by atoms with Crippen LogP contribution in [-0.4, -0.2) is 54.1 Å². The predicted molar refractivity (Wildman–Crippen MR) is 74.4 cm³/mol. The molecule has 7 nitrogen and oxygen atoms in total. The van der Waals surface area contributed by atoms with Crippen molar-refractivity contribution in [1.29, 1.82) is 5.26 Å². The van der Waals surface area contributed by atoms with Crippen LogP contribution in [0.2, 0.25) is 0 Å². The third-order valence-electron chi connectivity index (χ3n) is 3.31. The van der Waals surface area contributed by atoms with Crippen molar-refractivity contribution in [2.45, 2.75) is 18.6 Å². The van der Waals surface area contributed by atoms with Gasteiger partial charge in [0.15, 0.2) is 5.25 Å². The highest BCUT2D eigenvalue weighted by Crippen LogP contribution is 2.16. The summed E-state index contributed by atoms with van der Waals surface area (Å²) < 4.78 is 25.9. The van der Waals surface area contributed by atoms with Gasteiger partial charge in [0.2, 0.25) is 16.0 Å². The molecule has 0 aromatic carbocycles. The summed E-state index contributed by atoms with van der Waals surface area (Å²) in [7, 11) is -3.53. The molecule has 1 aliphatic rings. The Bertz CT molecular complexity index is 576. The number of aromatic nitrogens is 2. The van der Waals surface area contributed by atoms with Gasteiger partial charge >= 0.3 is 0 Å². The minimum Gasteiger partial charge on any atom is -0.338 e. The minimum atomic E-state index is -3.53. The van der Waals surface area contributed by atoms with E-state index in [4.69, 9.17) is 5.26 Å². The first-order chi connectivity index (χ1) is 9.59. The lowest BCUT2D eigenvalue weighted by Gasteiger charge is -2.34. The number of sulfonamides is 1. The second-order valence-corrected chi connectivity index (χ2v) is 6.62. The normalized spacial score (nSPS) is 18.5. The molecule has 1 aromatic heterocycles. The predicted octanol–water partition coefficient (Wildman–Crippen LogP) is 0.231. The van der Waals surface area contributed by atoms with Crippen LogP contribution in [0.5, 0.6) is 0 Å². The van der Waals surface area contributed by atoms with Gasteiger partial charge in [-0.05, 0) is 12.5 Å².